The molecule has 15 heavy (non-hydrogen) atoms. The molecule has 0 saturated carbocycles. The van der Waals surface area contributed by atoms with Crippen LogP contribution in [-0.4, -0.2) is 13.1 Å². The lowest BCUT2D eigenvalue weighted by atomic mass is 10.0. The third kappa shape index (κ3) is 8.68. The molecular weight excluding hydrogens is 182 g/mol. The summed E-state index contributed by atoms with van der Waals surface area (Å²) in [5.41, 5.74) is 1.27. The van der Waals surface area contributed by atoms with Crippen LogP contribution < -0.4 is 5.32 Å². The van der Waals surface area contributed by atoms with Crippen LogP contribution in [-0.2, 0) is 0 Å². The quantitative estimate of drug-likeness (QED) is 0.420. The van der Waals surface area contributed by atoms with Crippen molar-refractivity contribution in [1.29, 1.82) is 0 Å². The van der Waals surface area contributed by atoms with E-state index >= 15 is 0 Å². The van der Waals surface area contributed by atoms with Crippen molar-refractivity contribution in [3.05, 3.63) is 12.2 Å². The Kier molecular flexibility index (Phi) is 10.0. The molecule has 0 bridgehead atoms. The van der Waals surface area contributed by atoms with Gasteiger partial charge in [-0.15, -0.1) is 0 Å². The molecule has 0 aliphatic rings. The van der Waals surface area contributed by atoms with Crippen LogP contribution in [0.15, 0.2) is 12.2 Å². The fourth-order valence-corrected chi connectivity index (χ4v) is 1.94. The van der Waals surface area contributed by atoms with Crippen molar-refractivity contribution in [3.63, 3.8) is 0 Å². The molecule has 0 aromatic rings. The Bertz CT molecular complexity index is 151. The Hall–Kier alpha value is -0.300. The van der Waals surface area contributed by atoms with E-state index in [4.69, 9.17) is 0 Å². The van der Waals surface area contributed by atoms with Gasteiger partial charge >= 0.3 is 0 Å². The van der Waals surface area contributed by atoms with E-state index in [2.05, 4.69) is 25.7 Å². The maximum atomic E-state index is 4.00. The number of hydrogen-bond donors (Lipinski definition) is 1. The maximum absolute atomic E-state index is 4.00. The average molecular weight is 211 g/mol. The van der Waals surface area contributed by atoms with E-state index in [0.29, 0.717) is 6.04 Å². The highest BCUT2D eigenvalue weighted by atomic mass is 14.9. The second-order valence-electron chi connectivity index (χ2n) is 4.60. The minimum atomic E-state index is 0.528. The molecule has 0 heterocycles. The summed E-state index contributed by atoms with van der Waals surface area (Å²) >= 11 is 0. The zero-order valence-electron chi connectivity index (χ0n) is 10.9. The maximum Gasteiger partial charge on any atom is 0.0271 e. The fraction of sp³-hybridized carbons (Fsp3) is 0.857. The lowest BCUT2D eigenvalue weighted by molar-refractivity contribution is 0.520. The van der Waals surface area contributed by atoms with E-state index in [1.165, 1.54) is 56.9 Å². The fourth-order valence-electron chi connectivity index (χ4n) is 1.94. The molecule has 90 valence electrons. The second-order valence-corrected chi connectivity index (χ2v) is 4.60. The van der Waals surface area contributed by atoms with Gasteiger partial charge in [0.15, 0.2) is 0 Å². The highest BCUT2D eigenvalue weighted by molar-refractivity contribution is 5.00. The predicted molar refractivity (Wildman–Crippen MR) is 70.3 cm³/mol. The third-order valence-corrected chi connectivity index (χ3v) is 3.04. The number of likely N-dealkylation sites (N-methyl/N-ethyl adjacent to an activating group) is 1. The number of rotatable bonds is 10. The molecule has 1 unspecified atom stereocenters. The Labute approximate surface area is 96.3 Å². The van der Waals surface area contributed by atoms with Crippen molar-refractivity contribution < 1.29 is 0 Å². The molecule has 0 radical (unpaired) electrons. The zero-order chi connectivity index (χ0) is 11.5. The lowest BCUT2D eigenvalue weighted by Gasteiger charge is -2.15. The molecule has 1 nitrogen and oxygen atoms in total. The van der Waals surface area contributed by atoms with Crippen molar-refractivity contribution >= 4 is 0 Å². The number of unbranched alkanes of at least 4 members (excludes halogenated alkanes) is 6. The van der Waals surface area contributed by atoms with Gasteiger partial charge in [-0.3, -0.25) is 0 Å². The van der Waals surface area contributed by atoms with Gasteiger partial charge < -0.3 is 5.32 Å². The molecule has 1 atom stereocenters. The van der Waals surface area contributed by atoms with Crippen LogP contribution >= 0.6 is 0 Å². The van der Waals surface area contributed by atoms with Gasteiger partial charge in [-0.05, 0) is 20.4 Å². The molecule has 0 aromatic carbocycles. The summed E-state index contributed by atoms with van der Waals surface area (Å²) in [4.78, 5) is 0. The normalized spacial score (nSPS) is 12.7. The van der Waals surface area contributed by atoms with Crippen LogP contribution in [0.25, 0.3) is 0 Å². The van der Waals surface area contributed by atoms with Crippen molar-refractivity contribution in [2.45, 2.75) is 71.3 Å². The van der Waals surface area contributed by atoms with Crippen molar-refractivity contribution in [2.75, 3.05) is 7.05 Å². The van der Waals surface area contributed by atoms with Crippen LogP contribution in [0, 0.1) is 0 Å². The van der Waals surface area contributed by atoms with E-state index in [9.17, 15) is 0 Å². The molecule has 1 heteroatoms. The first-order valence-corrected chi connectivity index (χ1v) is 6.55. The Morgan fingerprint density at radius 1 is 1.07 bits per heavy atom. The highest BCUT2D eigenvalue weighted by Crippen LogP contribution is 2.12. The molecule has 0 aliphatic heterocycles. The summed E-state index contributed by atoms with van der Waals surface area (Å²) in [6.07, 6.45) is 11.0. The van der Waals surface area contributed by atoms with E-state index in [-0.39, 0.29) is 0 Å². The van der Waals surface area contributed by atoms with Gasteiger partial charge in [0.2, 0.25) is 0 Å². The SMILES string of the molecule is C=C(C)C(CCCCCCCCC)NC. The number of nitrogens with one attached hydrogen (secondary N) is 1. The van der Waals surface area contributed by atoms with Gasteiger partial charge in [-0.2, -0.15) is 0 Å². The third-order valence-electron chi connectivity index (χ3n) is 3.04. The lowest BCUT2D eigenvalue weighted by Crippen LogP contribution is -2.25. The second kappa shape index (κ2) is 10.2. The Balaban J connectivity index is 3.25. The molecule has 0 rings (SSSR count). The smallest absolute Gasteiger partial charge is 0.0271 e. The summed E-state index contributed by atoms with van der Waals surface area (Å²) in [7, 11) is 2.03. The molecule has 0 fully saturated rings. The van der Waals surface area contributed by atoms with Gasteiger partial charge in [0, 0.05) is 6.04 Å². The van der Waals surface area contributed by atoms with Crippen LogP contribution in [0.2, 0.25) is 0 Å². The van der Waals surface area contributed by atoms with E-state index in [1.807, 2.05) is 7.05 Å². The number of hydrogen-bond acceptors (Lipinski definition) is 1. The molecule has 0 aromatic heterocycles. The van der Waals surface area contributed by atoms with Crippen molar-refractivity contribution in [2.24, 2.45) is 0 Å². The average Bonchev–Trinajstić information content (AvgIpc) is 2.21. The topological polar surface area (TPSA) is 12.0 Å². The summed E-state index contributed by atoms with van der Waals surface area (Å²) in [5, 5.41) is 3.31. The Morgan fingerprint density at radius 2 is 1.60 bits per heavy atom. The van der Waals surface area contributed by atoms with Gasteiger partial charge in [-0.1, -0.05) is 64.0 Å². The predicted octanol–water partition coefficient (Wildman–Crippen LogP) is 4.29. The summed E-state index contributed by atoms with van der Waals surface area (Å²) in [6, 6.07) is 0.528. The van der Waals surface area contributed by atoms with Gasteiger partial charge in [0.05, 0.1) is 0 Å². The van der Waals surface area contributed by atoms with Crippen LogP contribution in [0.5, 0.6) is 0 Å². The van der Waals surface area contributed by atoms with Crippen LogP contribution in [0.3, 0.4) is 0 Å². The van der Waals surface area contributed by atoms with Crippen LogP contribution in [0.1, 0.15) is 65.2 Å². The Morgan fingerprint density at radius 3 is 2.07 bits per heavy atom. The first-order valence-electron chi connectivity index (χ1n) is 6.55. The first kappa shape index (κ1) is 14.7. The van der Waals surface area contributed by atoms with E-state index < -0.39 is 0 Å². The molecular formula is C14H29N. The van der Waals surface area contributed by atoms with E-state index in [1.54, 1.807) is 0 Å². The largest absolute Gasteiger partial charge is 0.313 e. The van der Waals surface area contributed by atoms with E-state index in [0.717, 1.165) is 0 Å². The first-order chi connectivity index (χ1) is 7.22. The summed E-state index contributed by atoms with van der Waals surface area (Å²) < 4.78 is 0. The molecule has 0 amide bonds. The van der Waals surface area contributed by atoms with Crippen LogP contribution in [0.4, 0.5) is 0 Å². The van der Waals surface area contributed by atoms with Gasteiger partial charge in [0.25, 0.3) is 0 Å². The molecule has 0 spiro atoms. The molecule has 0 aliphatic carbocycles. The molecule has 1 N–H and O–H groups in total. The summed E-state index contributed by atoms with van der Waals surface area (Å²) in [5.74, 6) is 0. The highest BCUT2D eigenvalue weighted by Gasteiger charge is 2.04. The minimum absolute atomic E-state index is 0.528. The monoisotopic (exact) mass is 211 g/mol. The van der Waals surface area contributed by atoms with Crippen molar-refractivity contribution in [3.8, 4) is 0 Å². The standard InChI is InChI=1S/C14H29N/c1-5-6-7-8-9-10-11-12-14(15-4)13(2)3/h14-15H,2,5-12H2,1,3-4H3. The van der Waals surface area contributed by atoms with Gasteiger partial charge in [-0.25, -0.2) is 0 Å². The van der Waals surface area contributed by atoms with Gasteiger partial charge in [0.1, 0.15) is 0 Å². The minimum Gasteiger partial charge on any atom is -0.313 e. The molecule has 0 saturated heterocycles. The van der Waals surface area contributed by atoms with Crippen molar-refractivity contribution in [1.82, 2.24) is 5.32 Å². The zero-order valence-corrected chi connectivity index (χ0v) is 10.9. The summed E-state index contributed by atoms with van der Waals surface area (Å²) in [6.45, 7) is 8.38.